The summed E-state index contributed by atoms with van der Waals surface area (Å²) in [5, 5.41) is 10.7. The summed E-state index contributed by atoms with van der Waals surface area (Å²) < 4.78 is 10.5. The van der Waals surface area contributed by atoms with Crippen molar-refractivity contribution in [1.82, 2.24) is 0 Å². The molecule has 0 aliphatic carbocycles. The number of furan rings is 1. The van der Waals surface area contributed by atoms with Crippen LogP contribution < -0.4 is 0 Å². The average Bonchev–Trinajstić information content (AvgIpc) is 2.96. The van der Waals surface area contributed by atoms with E-state index in [1.165, 1.54) is 10.9 Å². The van der Waals surface area contributed by atoms with Crippen LogP contribution in [0.25, 0.3) is 0 Å². The van der Waals surface area contributed by atoms with Gasteiger partial charge in [-0.15, -0.1) is 11.3 Å². The van der Waals surface area contributed by atoms with Gasteiger partial charge >= 0.3 is 5.97 Å². The van der Waals surface area contributed by atoms with E-state index < -0.39 is 5.97 Å². The Morgan fingerprint density at radius 3 is 2.94 bits per heavy atom. The van der Waals surface area contributed by atoms with E-state index in [2.05, 4.69) is 6.07 Å². The van der Waals surface area contributed by atoms with E-state index in [4.69, 9.17) is 14.3 Å². The van der Waals surface area contributed by atoms with Gasteiger partial charge in [-0.2, -0.15) is 0 Å². The molecule has 0 amide bonds. The highest BCUT2D eigenvalue weighted by Crippen LogP contribution is 2.11. The first-order valence-electron chi connectivity index (χ1n) is 5.18. The molecule has 0 aliphatic rings. The number of thiophene rings is 1. The van der Waals surface area contributed by atoms with Crippen LogP contribution in [-0.4, -0.2) is 17.7 Å². The summed E-state index contributed by atoms with van der Waals surface area (Å²) in [5.41, 5.74) is 0. The number of carboxylic acid groups (broad SMARTS) is 1. The first kappa shape index (κ1) is 11.9. The van der Waals surface area contributed by atoms with Crippen LogP contribution in [0.15, 0.2) is 34.1 Å². The molecule has 0 aliphatic heterocycles. The number of aromatic carboxylic acids is 1. The second-order valence-corrected chi connectivity index (χ2v) is 4.49. The molecule has 0 fully saturated rings. The van der Waals surface area contributed by atoms with Crippen LogP contribution in [0, 0.1) is 0 Å². The maximum Gasteiger partial charge on any atom is 0.371 e. The highest BCUT2D eigenvalue weighted by molar-refractivity contribution is 7.09. The number of hydrogen-bond acceptors (Lipinski definition) is 4. The molecule has 0 saturated carbocycles. The van der Waals surface area contributed by atoms with Crippen LogP contribution in [-0.2, 0) is 17.8 Å². The molecule has 0 atom stereocenters. The first-order valence-corrected chi connectivity index (χ1v) is 6.06. The van der Waals surface area contributed by atoms with Gasteiger partial charge in [0.2, 0.25) is 5.76 Å². The van der Waals surface area contributed by atoms with Crippen LogP contribution in [0.1, 0.15) is 21.2 Å². The van der Waals surface area contributed by atoms with Gasteiger partial charge in [-0.1, -0.05) is 6.07 Å². The molecule has 4 nitrogen and oxygen atoms in total. The Morgan fingerprint density at radius 1 is 1.41 bits per heavy atom. The minimum atomic E-state index is -1.06. The third kappa shape index (κ3) is 3.44. The SMILES string of the molecule is O=C(O)c1ccc(COCCc2cccs2)o1. The van der Waals surface area contributed by atoms with Gasteiger partial charge in [0.1, 0.15) is 12.4 Å². The lowest BCUT2D eigenvalue weighted by Gasteiger charge is -2.00. The Bertz CT molecular complexity index is 472. The maximum atomic E-state index is 10.6. The van der Waals surface area contributed by atoms with Gasteiger partial charge < -0.3 is 14.3 Å². The van der Waals surface area contributed by atoms with Crippen molar-refractivity contribution < 1.29 is 19.1 Å². The standard InChI is InChI=1S/C12H12O4S/c13-12(14)11-4-3-9(16-11)8-15-6-5-10-2-1-7-17-10/h1-4,7H,5-6,8H2,(H,13,14). The molecule has 1 N–H and O–H groups in total. The molecule has 0 radical (unpaired) electrons. The second-order valence-electron chi connectivity index (χ2n) is 3.45. The van der Waals surface area contributed by atoms with E-state index in [1.54, 1.807) is 17.4 Å². The molecular formula is C12H12O4S. The molecule has 0 bridgehead atoms. The average molecular weight is 252 g/mol. The molecule has 0 spiro atoms. The monoisotopic (exact) mass is 252 g/mol. The minimum absolute atomic E-state index is 0.0538. The van der Waals surface area contributed by atoms with Crippen LogP contribution in [0.4, 0.5) is 0 Å². The minimum Gasteiger partial charge on any atom is -0.475 e. The molecule has 2 aromatic heterocycles. The van der Waals surface area contributed by atoms with Gasteiger partial charge in [-0.05, 0) is 23.6 Å². The zero-order valence-corrected chi connectivity index (χ0v) is 9.90. The third-order valence-electron chi connectivity index (χ3n) is 2.19. The lowest BCUT2D eigenvalue weighted by Crippen LogP contribution is -1.97. The molecular weight excluding hydrogens is 240 g/mol. The number of ether oxygens (including phenoxy) is 1. The van der Waals surface area contributed by atoms with Gasteiger partial charge in [0.25, 0.3) is 0 Å². The fourth-order valence-electron chi connectivity index (χ4n) is 1.37. The first-order chi connectivity index (χ1) is 8.25. The molecule has 90 valence electrons. The lowest BCUT2D eigenvalue weighted by atomic mass is 10.4. The number of carboxylic acids is 1. The molecule has 0 saturated heterocycles. The van der Waals surface area contributed by atoms with E-state index in [-0.39, 0.29) is 5.76 Å². The lowest BCUT2D eigenvalue weighted by molar-refractivity contribution is 0.0648. The molecule has 17 heavy (non-hydrogen) atoms. The molecule has 5 heteroatoms. The number of hydrogen-bond donors (Lipinski definition) is 1. The molecule has 2 aromatic rings. The van der Waals surface area contributed by atoms with Gasteiger partial charge in [0.15, 0.2) is 0 Å². The molecule has 0 unspecified atom stereocenters. The molecule has 2 heterocycles. The van der Waals surface area contributed by atoms with Crippen molar-refractivity contribution >= 4 is 17.3 Å². The summed E-state index contributed by atoms with van der Waals surface area (Å²) in [7, 11) is 0. The Labute approximate surface area is 102 Å². The Hall–Kier alpha value is -1.59. The van der Waals surface area contributed by atoms with Crippen molar-refractivity contribution in [3.63, 3.8) is 0 Å². The zero-order valence-electron chi connectivity index (χ0n) is 9.09. The topological polar surface area (TPSA) is 59.7 Å². The van der Waals surface area contributed by atoms with Crippen LogP contribution in [0.5, 0.6) is 0 Å². The van der Waals surface area contributed by atoms with Crippen molar-refractivity contribution in [2.24, 2.45) is 0 Å². The third-order valence-corrected chi connectivity index (χ3v) is 3.13. The summed E-state index contributed by atoms with van der Waals surface area (Å²) in [4.78, 5) is 11.8. The molecule has 2 rings (SSSR count). The van der Waals surface area contributed by atoms with E-state index in [9.17, 15) is 4.79 Å². The van der Waals surface area contributed by atoms with Gasteiger partial charge in [0.05, 0.1) is 6.61 Å². The van der Waals surface area contributed by atoms with Crippen LogP contribution >= 0.6 is 11.3 Å². The fourth-order valence-corrected chi connectivity index (χ4v) is 2.06. The van der Waals surface area contributed by atoms with Crippen LogP contribution in [0.2, 0.25) is 0 Å². The number of carbonyl (C=O) groups is 1. The zero-order chi connectivity index (χ0) is 12.1. The normalized spacial score (nSPS) is 10.6. The Kier molecular flexibility index (Phi) is 3.95. The van der Waals surface area contributed by atoms with Crippen LogP contribution in [0.3, 0.4) is 0 Å². The summed E-state index contributed by atoms with van der Waals surface area (Å²) >= 11 is 1.70. The Morgan fingerprint density at radius 2 is 2.29 bits per heavy atom. The van der Waals surface area contributed by atoms with Crippen molar-refractivity contribution in [2.45, 2.75) is 13.0 Å². The summed E-state index contributed by atoms with van der Waals surface area (Å²) in [6, 6.07) is 7.12. The van der Waals surface area contributed by atoms with E-state index >= 15 is 0 Å². The molecule has 0 aromatic carbocycles. The van der Waals surface area contributed by atoms with Crippen molar-refractivity contribution in [1.29, 1.82) is 0 Å². The van der Waals surface area contributed by atoms with E-state index in [1.807, 2.05) is 11.4 Å². The fraction of sp³-hybridized carbons (Fsp3) is 0.250. The highest BCUT2D eigenvalue weighted by atomic mass is 32.1. The largest absolute Gasteiger partial charge is 0.475 e. The van der Waals surface area contributed by atoms with Crippen molar-refractivity contribution in [2.75, 3.05) is 6.61 Å². The predicted molar refractivity (Wildman–Crippen MR) is 63.3 cm³/mol. The quantitative estimate of drug-likeness (QED) is 0.803. The number of rotatable bonds is 6. The van der Waals surface area contributed by atoms with Gasteiger partial charge in [-0.25, -0.2) is 4.79 Å². The maximum absolute atomic E-state index is 10.6. The highest BCUT2D eigenvalue weighted by Gasteiger charge is 2.08. The summed E-state index contributed by atoms with van der Waals surface area (Å²) in [6.45, 7) is 0.905. The smallest absolute Gasteiger partial charge is 0.371 e. The van der Waals surface area contributed by atoms with E-state index in [0.717, 1.165) is 6.42 Å². The van der Waals surface area contributed by atoms with Gasteiger partial charge in [0, 0.05) is 11.3 Å². The van der Waals surface area contributed by atoms with E-state index in [0.29, 0.717) is 19.0 Å². The van der Waals surface area contributed by atoms with Crippen molar-refractivity contribution in [3.05, 3.63) is 46.0 Å². The van der Waals surface area contributed by atoms with Crippen molar-refractivity contribution in [3.8, 4) is 0 Å². The summed E-state index contributed by atoms with van der Waals surface area (Å²) in [5.74, 6) is -0.578. The predicted octanol–water partition coefficient (Wildman–Crippen LogP) is 2.80. The van der Waals surface area contributed by atoms with Gasteiger partial charge in [-0.3, -0.25) is 0 Å². The second kappa shape index (κ2) is 5.65. The Balaban J connectivity index is 1.72. The summed E-state index contributed by atoms with van der Waals surface area (Å²) in [6.07, 6.45) is 0.865.